The highest BCUT2D eigenvalue weighted by atomic mass is 32.1. The topological polar surface area (TPSA) is 80.8 Å². The van der Waals surface area contributed by atoms with E-state index in [4.69, 9.17) is 9.47 Å². The molecule has 2 heterocycles. The fourth-order valence-corrected chi connectivity index (χ4v) is 3.35. The van der Waals surface area contributed by atoms with Crippen LogP contribution in [0.25, 0.3) is 0 Å². The van der Waals surface area contributed by atoms with Crippen LogP contribution in [0.4, 0.5) is 5.13 Å². The molecular weight excluding hydrogens is 354 g/mol. The third kappa shape index (κ3) is 3.80. The number of thiazole rings is 1. The van der Waals surface area contributed by atoms with Gasteiger partial charge in [0, 0.05) is 16.5 Å². The van der Waals surface area contributed by atoms with Gasteiger partial charge in [-0.15, -0.1) is 11.3 Å². The number of carbonyl (C=O) groups is 2. The van der Waals surface area contributed by atoms with Gasteiger partial charge in [0.15, 0.2) is 16.6 Å². The van der Waals surface area contributed by atoms with Crippen molar-refractivity contribution in [1.29, 1.82) is 0 Å². The Bertz CT molecular complexity index is 827. The molecule has 2 aromatic rings. The summed E-state index contributed by atoms with van der Waals surface area (Å²) in [5.74, 6) is 0.643. The molecular formula is C18H21N3O4S. The Kier molecular flexibility index (Phi) is 5.13. The molecule has 0 fully saturated rings. The van der Waals surface area contributed by atoms with Crippen molar-refractivity contribution in [3.63, 3.8) is 0 Å². The zero-order valence-corrected chi connectivity index (χ0v) is 16.0. The average molecular weight is 375 g/mol. The number of carbonyl (C=O) groups excluding carboxylic acids is 2. The molecule has 0 radical (unpaired) electrons. The monoisotopic (exact) mass is 375 g/mol. The predicted molar refractivity (Wildman–Crippen MR) is 99.0 cm³/mol. The molecule has 1 aliphatic heterocycles. The minimum Gasteiger partial charge on any atom is -0.454 e. The third-order valence-corrected chi connectivity index (χ3v) is 5.08. The molecule has 1 aromatic carbocycles. The van der Waals surface area contributed by atoms with Gasteiger partial charge in [-0.1, -0.05) is 0 Å². The van der Waals surface area contributed by atoms with Gasteiger partial charge in [0.1, 0.15) is 6.54 Å². The molecule has 26 heavy (non-hydrogen) atoms. The molecule has 1 N–H and O–H groups in total. The molecule has 2 amide bonds. The number of benzene rings is 1. The number of fused-ring (bicyclic) bond motifs is 1. The Morgan fingerprint density at radius 1 is 1.27 bits per heavy atom. The van der Waals surface area contributed by atoms with Crippen molar-refractivity contribution in [2.45, 2.75) is 33.7 Å². The smallest absolute Gasteiger partial charge is 0.254 e. The molecule has 138 valence electrons. The van der Waals surface area contributed by atoms with Gasteiger partial charge in [0.25, 0.3) is 5.91 Å². The van der Waals surface area contributed by atoms with Gasteiger partial charge in [-0.2, -0.15) is 0 Å². The number of hydrogen-bond donors (Lipinski definition) is 1. The first-order valence-electron chi connectivity index (χ1n) is 8.29. The van der Waals surface area contributed by atoms with Crippen LogP contribution in [0, 0.1) is 13.8 Å². The SMILES string of the molecule is Cc1nc(NC(=O)CN(C(=O)c2ccc3c(c2)OCO3)C(C)C)sc1C. The minimum atomic E-state index is -0.276. The normalized spacial score (nSPS) is 12.3. The van der Waals surface area contributed by atoms with Crippen molar-refractivity contribution in [2.75, 3.05) is 18.7 Å². The fourth-order valence-electron chi connectivity index (χ4n) is 2.52. The summed E-state index contributed by atoms with van der Waals surface area (Å²) in [6.07, 6.45) is 0. The van der Waals surface area contributed by atoms with E-state index in [9.17, 15) is 9.59 Å². The van der Waals surface area contributed by atoms with Crippen LogP contribution in [0.2, 0.25) is 0 Å². The largest absolute Gasteiger partial charge is 0.454 e. The van der Waals surface area contributed by atoms with Gasteiger partial charge in [0.05, 0.1) is 5.69 Å². The highest BCUT2D eigenvalue weighted by molar-refractivity contribution is 7.15. The lowest BCUT2D eigenvalue weighted by Gasteiger charge is -2.26. The molecule has 0 aliphatic carbocycles. The van der Waals surface area contributed by atoms with Crippen LogP contribution < -0.4 is 14.8 Å². The fraction of sp³-hybridized carbons (Fsp3) is 0.389. The number of anilines is 1. The first-order chi connectivity index (χ1) is 12.3. The number of amides is 2. The van der Waals surface area contributed by atoms with Crippen LogP contribution in [-0.2, 0) is 4.79 Å². The summed E-state index contributed by atoms with van der Waals surface area (Å²) in [6, 6.07) is 4.88. The number of nitrogens with zero attached hydrogens (tertiary/aromatic N) is 2. The number of rotatable bonds is 5. The quantitative estimate of drug-likeness (QED) is 0.869. The maximum absolute atomic E-state index is 12.9. The first-order valence-corrected chi connectivity index (χ1v) is 9.11. The van der Waals surface area contributed by atoms with Gasteiger partial charge < -0.3 is 19.7 Å². The molecule has 0 unspecified atom stereocenters. The summed E-state index contributed by atoms with van der Waals surface area (Å²) in [4.78, 5) is 32.1. The van der Waals surface area contributed by atoms with E-state index >= 15 is 0 Å². The van der Waals surface area contributed by atoms with E-state index in [2.05, 4.69) is 10.3 Å². The molecule has 0 spiro atoms. The maximum atomic E-state index is 12.9. The van der Waals surface area contributed by atoms with Crippen molar-refractivity contribution >= 4 is 28.3 Å². The van der Waals surface area contributed by atoms with E-state index in [1.807, 2.05) is 27.7 Å². The zero-order chi connectivity index (χ0) is 18.8. The van der Waals surface area contributed by atoms with Gasteiger partial charge >= 0.3 is 0 Å². The van der Waals surface area contributed by atoms with Gasteiger partial charge in [0.2, 0.25) is 12.7 Å². The number of nitrogens with one attached hydrogen (secondary N) is 1. The van der Waals surface area contributed by atoms with E-state index in [1.165, 1.54) is 16.2 Å². The van der Waals surface area contributed by atoms with Crippen LogP contribution in [0.15, 0.2) is 18.2 Å². The Labute approximate surface area is 155 Å². The molecule has 7 nitrogen and oxygen atoms in total. The van der Waals surface area contributed by atoms with Gasteiger partial charge in [-0.05, 0) is 45.9 Å². The summed E-state index contributed by atoms with van der Waals surface area (Å²) in [5.41, 5.74) is 1.35. The van der Waals surface area contributed by atoms with Crippen LogP contribution >= 0.6 is 11.3 Å². The Balaban J connectivity index is 1.72. The third-order valence-electron chi connectivity index (χ3n) is 4.09. The van der Waals surface area contributed by atoms with Crippen molar-refractivity contribution in [3.8, 4) is 11.5 Å². The lowest BCUT2D eigenvalue weighted by atomic mass is 10.1. The van der Waals surface area contributed by atoms with Crippen molar-refractivity contribution in [3.05, 3.63) is 34.3 Å². The lowest BCUT2D eigenvalue weighted by Crippen LogP contribution is -2.42. The first kappa shape index (κ1) is 18.2. The van der Waals surface area contributed by atoms with Gasteiger partial charge in [-0.25, -0.2) is 4.98 Å². The molecule has 0 atom stereocenters. The van der Waals surface area contributed by atoms with E-state index in [-0.39, 0.29) is 31.2 Å². The molecule has 8 heteroatoms. The van der Waals surface area contributed by atoms with Crippen molar-refractivity contribution in [1.82, 2.24) is 9.88 Å². The molecule has 1 aromatic heterocycles. The van der Waals surface area contributed by atoms with E-state index in [0.29, 0.717) is 22.2 Å². The van der Waals surface area contributed by atoms with Crippen molar-refractivity contribution < 1.29 is 19.1 Å². The van der Waals surface area contributed by atoms with Crippen LogP contribution in [0.1, 0.15) is 34.8 Å². The average Bonchev–Trinajstić information content (AvgIpc) is 3.17. The highest BCUT2D eigenvalue weighted by Gasteiger charge is 2.24. The standard InChI is InChI=1S/C18H21N3O4S/c1-10(2)21(8-16(22)20-18-19-11(3)12(4)26-18)17(23)13-5-6-14-15(7-13)25-9-24-14/h5-7,10H,8-9H2,1-4H3,(H,19,20,22). The molecule has 1 aliphatic rings. The summed E-state index contributed by atoms with van der Waals surface area (Å²) >= 11 is 1.42. The highest BCUT2D eigenvalue weighted by Crippen LogP contribution is 2.33. The van der Waals surface area contributed by atoms with Crippen LogP contribution in [0.3, 0.4) is 0 Å². The Morgan fingerprint density at radius 3 is 2.65 bits per heavy atom. The summed E-state index contributed by atoms with van der Waals surface area (Å²) < 4.78 is 10.6. The Morgan fingerprint density at radius 2 is 2.00 bits per heavy atom. The van der Waals surface area contributed by atoms with Crippen LogP contribution in [-0.4, -0.2) is 41.1 Å². The number of aryl methyl sites for hydroxylation is 2. The predicted octanol–water partition coefficient (Wildman–Crippen LogP) is 2.98. The minimum absolute atomic E-state index is 0.0530. The van der Waals surface area contributed by atoms with Crippen LogP contribution in [0.5, 0.6) is 11.5 Å². The van der Waals surface area contributed by atoms with Crippen molar-refractivity contribution in [2.24, 2.45) is 0 Å². The van der Waals surface area contributed by atoms with E-state index < -0.39 is 0 Å². The lowest BCUT2D eigenvalue weighted by molar-refractivity contribution is -0.117. The number of aromatic nitrogens is 1. The Hall–Kier alpha value is -2.61. The maximum Gasteiger partial charge on any atom is 0.254 e. The second-order valence-corrected chi connectivity index (χ2v) is 7.51. The van der Waals surface area contributed by atoms with Gasteiger partial charge in [-0.3, -0.25) is 9.59 Å². The second-order valence-electron chi connectivity index (χ2n) is 6.30. The molecule has 0 saturated heterocycles. The van der Waals surface area contributed by atoms with E-state index in [0.717, 1.165) is 10.6 Å². The second kappa shape index (κ2) is 7.33. The summed E-state index contributed by atoms with van der Waals surface area (Å²) in [7, 11) is 0. The molecule has 0 saturated carbocycles. The number of ether oxygens (including phenoxy) is 2. The summed E-state index contributed by atoms with van der Waals surface area (Å²) in [6.45, 7) is 7.68. The summed E-state index contributed by atoms with van der Waals surface area (Å²) in [5, 5.41) is 3.31. The van der Waals surface area contributed by atoms with E-state index in [1.54, 1.807) is 18.2 Å². The zero-order valence-electron chi connectivity index (χ0n) is 15.2. The molecule has 0 bridgehead atoms. The number of hydrogen-bond acceptors (Lipinski definition) is 6. The molecule has 3 rings (SSSR count).